The van der Waals surface area contributed by atoms with Crippen molar-refractivity contribution >= 4 is 47.1 Å². The van der Waals surface area contributed by atoms with E-state index in [1.807, 2.05) is 0 Å². The standard InChI is InChI=1S/C16H24Cl2N2O2S/c1-3-4-5-6-7-8-11-22-23-20(2)16(21)19-13-9-10-14(17)15(18)12-13/h9-10,12H,3-8,11H2,1-2H3,(H,19,21). The number of benzene rings is 1. The fourth-order valence-corrected chi connectivity index (χ4v) is 2.63. The van der Waals surface area contributed by atoms with Crippen LogP contribution in [-0.4, -0.2) is 24.0 Å². The predicted octanol–water partition coefficient (Wildman–Crippen LogP) is 6.40. The molecule has 0 saturated carbocycles. The predicted molar refractivity (Wildman–Crippen MR) is 100 cm³/mol. The summed E-state index contributed by atoms with van der Waals surface area (Å²) in [6.45, 7) is 2.85. The number of urea groups is 1. The lowest BCUT2D eigenvalue weighted by Crippen LogP contribution is -2.25. The number of rotatable bonds is 10. The molecule has 1 aromatic rings. The average molecular weight is 379 g/mol. The Balaban J connectivity index is 2.17. The van der Waals surface area contributed by atoms with Crippen LogP contribution in [-0.2, 0) is 4.18 Å². The van der Waals surface area contributed by atoms with Crippen LogP contribution in [0.3, 0.4) is 0 Å². The summed E-state index contributed by atoms with van der Waals surface area (Å²) in [6, 6.07) is 4.66. The van der Waals surface area contributed by atoms with E-state index in [1.165, 1.54) is 36.4 Å². The molecule has 7 heteroatoms. The molecule has 0 unspecified atom stereocenters. The maximum atomic E-state index is 12.0. The zero-order valence-corrected chi connectivity index (χ0v) is 15.9. The first-order valence-corrected chi connectivity index (χ1v) is 9.29. The quantitative estimate of drug-likeness (QED) is 0.291. The topological polar surface area (TPSA) is 41.6 Å². The summed E-state index contributed by atoms with van der Waals surface area (Å²) in [5, 5.41) is 3.58. The summed E-state index contributed by atoms with van der Waals surface area (Å²) in [7, 11) is 1.65. The number of hydrogen-bond acceptors (Lipinski definition) is 3. The number of nitrogens with one attached hydrogen (secondary N) is 1. The van der Waals surface area contributed by atoms with Gasteiger partial charge in [0.25, 0.3) is 0 Å². The Hall–Kier alpha value is -0.620. The van der Waals surface area contributed by atoms with Crippen LogP contribution in [0, 0.1) is 0 Å². The zero-order chi connectivity index (χ0) is 17.1. The minimum atomic E-state index is -0.281. The molecule has 130 valence electrons. The van der Waals surface area contributed by atoms with Gasteiger partial charge in [-0.3, -0.25) is 4.18 Å². The maximum absolute atomic E-state index is 12.0. The number of nitrogens with zero attached hydrogens (tertiary/aromatic N) is 1. The summed E-state index contributed by atoms with van der Waals surface area (Å²) in [6.07, 6.45) is 7.27. The Morgan fingerprint density at radius 2 is 1.87 bits per heavy atom. The highest BCUT2D eigenvalue weighted by atomic mass is 35.5. The number of carbonyl (C=O) groups is 1. The number of anilines is 1. The number of unbranched alkanes of at least 4 members (excludes halogenated alkanes) is 5. The van der Waals surface area contributed by atoms with Crippen molar-refractivity contribution < 1.29 is 8.98 Å². The highest BCUT2D eigenvalue weighted by molar-refractivity contribution is 7.92. The molecule has 1 aromatic carbocycles. The van der Waals surface area contributed by atoms with Crippen LogP contribution in [0.1, 0.15) is 45.4 Å². The van der Waals surface area contributed by atoms with Crippen molar-refractivity contribution in [3.8, 4) is 0 Å². The van der Waals surface area contributed by atoms with Gasteiger partial charge in [0.1, 0.15) is 12.2 Å². The Kier molecular flexibility index (Phi) is 10.5. The molecule has 0 spiro atoms. The number of halogens is 2. The van der Waals surface area contributed by atoms with Crippen LogP contribution in [0.25, 0.3) is 0 Å². The smallest absolute Gasteiger partial charge is 0.307 e. The molecule has 1 N–H and O–H groups in total. The minimum absolute atomic E-state index is 0.281. The van der Waals surface area contributed by atoms with Crippen molar-refractivity contribution in [1.82, 2.24) is 4.31 Å². The van der Waals surface area contributed by atoms with Crippen LogP contribution >= 0.6 is 35.4 Å². The molecular formula is C16H24Cl2N2O2S. The van der Waals surface area contributed by atoms with Crippen molar-refractivity contribution in [2.24, 2.45) is 0 Å². The van der Waals surface area contributed by atoms with Gasteiger partial charge in [-0.05, 0) is 24.6 Å². The van der Waals surface area contributed by atoms with Gasteiger partial charge in [-0.15, -0.1) is 0 Å². The summed E-state index contributed by atoms with van der Waals surface area (Å²) in [5.41, 5.74) is 0.591. The second kappa shape index (κ2) is 11.8. The fourth-order valence-electron chi connectivity index (χ4n) is 1.87. The Morgan fingerprint density at radius 3 is 2.57 bits per heavy atom. The molecule has 1 rings (SSSR count). The molecule has 0 aliphatic rings. The second-order valence-corrected chi connectivity index (χ2v) is 6.97. The summed E-state index contributed by atoms with van der Waals surface area (Å²) < 4.78 is 6.84. The summed E-state index contributed by atoms with van der Waals surface area (Å²) in [5.74, 6) is 0. The lowest BCUT2D eigenvalue weighted by molar-refractivity contribution is 0.239. The minimum Gasteiger partial charge on any atom is -0.307 e. The highest BCUT2D eigenvalue weighted by Gasteiger charge is 2.11. The molecule has 2 amide bonds. The Morgan fingerprint density at radius 1 is 1.17 bits per heavy atom. The van der Waals surface area contributed by atoms with E-state index in [4.69, 9.17) is 27.4 Å². The second-order valence-electron chi connectivity index (χ2n) is 5.22. The van der Waals surface area contributed by atoms with E-state index in [0.29, 0.717) is 22.3 Å². The van der Waals surface area contributed by atoms with Gasteiger partial charge in [-0.25, -0.2) is 9.10 Å². The van der Waals surface area contributed by atoms with E-state index in [9.17, 15) is 4.79 Å². The van der Waals surface area contributed by atoms with Crippen LogP contribution in [0.15, 0.2) is 18.2 Å². The van der Waals surface area contributed by atoms with Gasteiger partial charge in [0.2, 0.25) is 0 Å². The lowest BCUT2D eigenvalue weighted by atomic mass is 10.1. The van der Waals surface area contributed by atoms with Crippen LogP contribution < -0.4 is 5.32 Å². The van der Waals surface area contributed by atoms with Crippen molar-refractivity contribution in [1.29, 1.82) is 0 Å². The van der Waals surface area contributed by atoms with E-state index in [1.54, 1.807) is 25.2 Å². The third kappa shape index (κ3) is 8.70. The largest absolute Gasteiger partial charge is 0.333 e. The third-order valence-corrected chi connectivity index (χ3v) is 4.60. The average Bonchev–Trinajstić information content (AvgIpc) is 2.53. The first-order valence-electron chi connectivity index (χ1n) is 7.84. The Bertz CT molecular complexity index is 489. The van der Waals surface area contributed by atoms with Gasteiger partial charge in [0.05, 0.1) is 16.7 Å². The lowest BCUT2D eigenvalue weighted by Gasteiger charge is -2.16. The van der Waals surface area contributed by atoms with Crippen molar-refractivity contribution in [3.63, 3.8) is 0 Å². The van der Waals surface area contributed by atoms with E-state index >= 15 is 0 Å². The van der Waals surface area contributed by atoms with E-state index in [2.05, 4.69) is 12.2 Å². The summed E-state index contributed by atoms with van der Waals surface area (Å²) >= 11 is 12.8. The first-order chi connectivity index (χ1) is 11.0. The van der Waals surface area contributed by atoms with Gasteiger partial charge >= 0.3 is 6.03 Å². The van der Waals surface area contributed by atoms with Gasteiger partial charge in [-0.1, -0.05) is 62.2 Å². The molecule has 0 heterocycles. The number of amides is 2. The van der Waals surface area contributed by atoms with Gasteiger partial charge in [0, 0.05) is 12.7 Å². The van der Waals surface area contributed by atoms with E-state index in [-0.39, 0.29) is 6.03 Å². The van der Waals surface area contributed by atoms with Gasteiger partial charge in [-0.2, -0.15) is 0 Å². The maximum Gasteiger partial charge on any atom is 0.333 e. The van der Waals surface area contributed by atoms with Crippen molar-refractivity contribution in [2.45, 2.75) is 45.4 Å². The number of hydrogen-bond donors (Lipinski definition) is 1. The molecule has 0 saturated heterocycles. The molecule has 0 fully saturated rings. The molecule has 0 aliphatic carbocycles. The van der Waals surface area contributed by atoms with Crippen LogP contribution in [0.4, 0.5) is 10.5 Å². The highest BCUT2D eigenvalue weighted by Crippen LogP contribution is 2.25. The molecule has 0 atom stereocenters. The normalized spacial score (nSPS) is 10.6. The van der Waals surface area contributed by atoms with Gasteiger partial charge in [0.15, 0.2) is 0 Å². The van der Waals surface area contributed by atoms with Crippen molar-refractivity contribution in [2.75, 3.05) is 19.0 Å². The van der Waals surface area contributed by atoms with Crippen LogP contribution in [0.2, 0.25) is 10.0 Å². The van der Waals surface area contributed by atoms with E-state index in [0.717, 1.165) is 18.6 Å². The monoisotopic (exact) mass is 378 g/mol. The number of carbonyl (C=O) groups excluding carboxylic acids is 1. The third-order valence-electron chi connectivity index (χ3n) is 3.20. The van der Waals surface area contributed by atoms with Gasteiger partial charge < -0.3 is 5.32 Å². The van der Waals surface area contributed by atoms with E-state index < -0.39 is 0 Å². The molecule has 0 aromatic heterocycles. The zero-order valence-electron chi connectivity index (χ0n) is 13.6. The summed E-state index contributed by atoms with van der Waals surface area (Å²) in [4.78, 5) is 12.0. The molecule has 0 aliphatic heterocycles. The fraction of sp³-hybridized carbons (Fsp3) is 0.562. The SMILES string of the molecule is CCCCCCCCOSN(C)C(=O)Nc1ccc(Cl)c(Cl)c1. The molecule has 0 bridgehead atoms. The molecular weight excluding hydrogens is 355 g/mol. The molecule has 23 heavy (non-hydrogen) atoms. The molecule has 0 radical (unpaired) electrons. The first kappa shape index (κ1) is 20.4. The van der Waals surface area contributed by atoms with Crippen molar-refractivity contribution in [3.05, 3.63) is 28.2 Å². The molecule has 4 nitrogen and oxygen atoms in total. The Labute approximate surface area is 153 Å². The van der Waals surface area contributed by atoms with Crippen LogP contribution in [0.5, 0.6) is 0 Å².